The minimum atomic E-state index is 0. The zero-order valence-corrected chi connectivity index (χ0v) is 20.6. The molecule has 0 aliphatic rings. The Kier molecular flexibility index (Phi) is 9.69. The third-order valence-corrected chi connectivity index (χ3v) is 6.07. The van der Waals surface area contributed by atoms with Crippen LogP contribution in [0.3, 0.4) is 0 Å². The van der Waals surface area contributed by atoms with Crippen LogP contribution < -0.4 is 5.32 Å². The van der Waals surface area contributed by atoms with E-state index in [1.165, 1.54) is 9.75 Å². The van der Waals surface area contributed by atoms with Crippen molar-refractivity contribution in [1.82, 2.24) is 25.0 Å². The number of thiophene rings is 2. The lowest BCUT2D eigenvalue weighted by atomic mass is 10.4. The zero-order valence-electron chi connectivity index (χ0n) is 15.8. The van der Waals surface area contributed by atoms with Crippen LogP contribution in [0.5, 0.6) is 0 Å². The van der Waals surface area contributed by atoms with Gasteiger partial charge in [0.2, 0.25) is 0 Å². The third kappa shape index (κ3) is 6.71. The summed E-state index contributed by atoms with van der Waals surface area (Å²) in [5.41, 5.74) is 0. The Morgan fingerprint density at radius 1 is 1.32 bits per heavy atom. The van der Waals surface area contributed by atoms with Crippen molar-refractivity contribution in [1.29, 1.82) is 0 Å². The van der Waals surface area contributed by atoms with E-state index in [-0.39, 0.29) is 24.0 Å². The average Bonchev–Trinajstić information content (AvgIpc) is 3.40. The van der Waals surface area contributed by atoms with Gasteiger partial charge in [-0.05, 0) is 23.6 Å². The molecular formula is C18H24ClIN6S2. The minimum absolute atomic E-state index is 0. The number of hydrogen-bond acceptors (Lipinski definition) is 5. The summed E-state index contributed by atoms with van der Waals surface area (Å²) < 4.78 is 2.88. The van der Waals surface area contributed by atoms with Gasteiger partial charge in [0.25, 0.3) is 0 Å². The quantitative estimate of drug-likeness (QED) is 0.255. The largest absolute Gasteiger partial charge is 0.354 e. The molecule has 0 atom stereocenters. The van der Waals surface area contributed by atoms with Crippen molar-refractivity contribution in [2.75, 3.05) is 13.6 Å². The van der Waals surface area contributed by atoms with Gasteiger partial charge in [-0.1, -0.05) is 24.6 Å². The van der Waals surface area contributed by atoms with Crippen LogP contribution in [0.4, 0.5) is 0 Å². The second-order valence-corrected chi connectivity index (χ2v) is 8.83. The maximum atomic E-state index is 6.06. The molecule has 0 aliphatic carbocycles. The predicted octanol–water partition coefficient (Wildman–Crippen LogP) is 4.51. The number of halogens is 2. The van der Waals surface area contributed by atoms with Gasteiger partial charge in [0.15, 0.2) is 5.96 Å². The molecule has 6 nitrogen and oxygen atoms in total. The van der Waals surface area contributed by atoms with E-state index in [1.54, 1.807) is 29.0 Å². The Balaban J connectivity index is 0.00000280. The van der Waals surface area contributed by atoms with Gasteiger partial charge in [-0.25, -0.2) is 4.99 Å². The molecule has 28 heavy (non-hydrogen) atoms. The fourth-order valence-electron chi connectivity index (χ4n) is 2.64. The molecule has 0 unspecified atom stereocenters. The molecule has 0 amide bonds. The van der Waals surface area contributed by atoms with Crippen LogP contribution in [0.2, 0.25) is 4.34 Å². The fourth-order valence-corrected chi connectivity index (χ4v) is 4.41. The van der Waals surface area contributed by atoms with Crippen molar-refractivity contribution in [2.45, 2.75) is 33.0 Å². The van der Waals surface area contributed by atoms with Crippen molar-refractivity contribution in [3.05, 3.63) is 55.9 Å². The number of rotatable bonds is 8. The van der Waals surface area contributed by atoms with Crippen LogP contribution in [0.1, 0.15) is 22.5 Å². The number of aromatic nitrogens is 3. The molecule has 1 N–H and O–H groups in total. The first kappa shape index (κ1) is 23.1. The molecular weight excluding hydrogens is 527 g/mol. The Morgan fingerprint density at radius 3 is 2.86 bits per heavy atom. The molecule has 10 heteroatoms. The van der Waals surface area contributed by atoms with E-state index in [0.717, 1.165) is 42.2 Å². The van der Waals surface area contributed by atoms with Crippen LogP contribution in [-0.2, 0) is 26.1 Å². The molecule has 0 saturated carbocycles. The number of aryl methyl sites for hydroxylation is 1. The van der Waals surface area contributed by atoms with Gasteiger partial charge in [0, 0.05) is 36.3 Å². The van der Waals surface area contributed by atoms with Gasteiger partial charge in [0.1, 0.15) is 12.2 Å². The number of nitrogens with zero attached hydrogens (tertiary/aromatic N) is 5. The smallest absolute Gasteiger partial charge is 0.194 e. The number of hydrogen-bond donors (Lipinski definition) is 1. The van der Waals surface area contributed by atoms with Crippen LogP contribution in [0, 0.1) is 0 Å². The molecule has 3 aromatic heterocycles. The van der Waals surface area contributed by atoms with Crippen LogP contribution in [-0.4, -0.2) is 39.2 Å². The van der Waals surface area contributed by atoms with E-state index in [0.29, 0.717) is 6.54 Å². The van der Waals surface area contributed by atoms with E-state index in [1.807, 2.05) is 13.1 Å². The summed E-state index contributed by atoms with van der Waals surface area (Å²) in [4.78, 5) is 9.38. The highest BCUT2D eigenvalue weighted by Crippen LogP contribution is 2.22. The van der Waals surface area contributed by atoms with E-state index < -0.39 is 0 Å². The van der Waals surface area contributed by atoms with Crippen LogP contribution in [0.25, 0.3) is 0 Å². The molecule has 0 spiro atoms. The topological polar surface area (TPSA) is 58.3 Å². The third-order valence-electron chi connectivity index (χ3n) is 4.00. The summed E-state index contributed by atoms with van der Waals surface area (Å²) in [6.45, 7) is 5.07. The highest BCUT2D eigenvalue weighted by molar-refractivity contribution is 14.0. The van der Waals surface area contributed by atoms with E-state index >= 15 is 0 Å². The molecule has 152 valence electrons. The second kappa shape index (κ2) is 11.7. The van der Waals surface area contributed by atoms with Crippen molar-refractivity contribution in [3.63, 3.8) is 0 Å². The Hall–Kier alpha value is -1.17. The normalized spacial score (nSPS) is 11.3. The standard InChI is InChI=1S/C18H23ClN6S2.HI/c1-3-17-23-22-13-25(17)9-8-20-18(21-11-14-5-4-10-26-14)24(2)12-15-6-7-16(19)27-15;/h4-7,10,13H,3,8-9,11-12H2,1-2H3,(H,20,21);1H. The van der Waals surface area contributed by atoms with E-state index in [4.69, 9.17) is 16.6 Å². The molecule has 0 radical (unpaired) electrons. The lowest BCUT2D eigenvalue weighted by Gasteiger charge is -2.22. The number of guanidine groups is 1. The lowest BCUT2D eigenvalue weighted by molar-refractivity contribution is 0.474. The summed E-state index contributed by atoms with van der Waals surface area (Å²) in [6, 6.07) is 8.16. The molecule has 3 aromatic rings. The van der Waals surface area contributed by atoms with Crippen molar-refractivity contribution < 1.29 is 0 Å². The summed E-state index contributed by atoms with van der Waals surface area (Å²) >= 11 is 9.38. The molecule has 0 bridgehead atoms. The number of nitrogens with one attached hydrogen (secondary N) is 1. The van der Waals surface area contributed by atoms with Gasteiger partial charge >= 0.3 is 0 Å². The maximum absolute atomic E-state index is 6.06. The van der Waals surface area contributed by atoms with Crippen molar-refractivity contribution in [2.24, 2.45) is 4.99 Å². The van der Waals surface area contributed by atoms with Gasteiger partial charge in [-0.2, -0.15) is 0 Å². The monoisotopic (exact) mass is 550 g/mol. The van der Waals surface area contributed by atoms with Crippen molar-refractivity contribution >= 4 is 64.2 Å². The fraction of sp³-hybridized carbons (Fsp3) is 0.389. The predicted molar refractivity (Wildman–Crippen MR) is 129 cm³/mol. The first-order valence-corrected chi connectivity index (χ1v) is 10.9. The zero-order chi connectivity index (χ0) is 19.1. The maximum Gasteiger partial charge on any atom is 0.194 e. The highest BCUT2D eigenvalue weighted by atomic mass is 127. The first-order chi connectivity index (χ1) is 13.2. The summed E-state index contributed by atoms with van der Waals surface area (Å²) in [7, 11) is 2.05. The van der Waals surface area contributed by atoms with Gasteiger partial charge in [0.05, 0.1) is 17.4 Å². The Labute approximate surface area is 195 Å². The van der Waals surface area contributed by atoms with Gasteiger partial charge in [-0.15, -0.1) is 56.8 Å². The SMILES string of the molecule is CCc1nncn1CCNC(=NCc1cccs1)N(C)Cc1ccc(Cl)s1.I. The lowest BCUT2D eigenvalue weighted by Crippen LogP contribution is -2.40. The molecule has 0 saturated heterocycles. The second-order valence-electron chi connectivity index (χ2n) is 6.00. The summed E-state index contributed by atoms with van der Waals surface area (Å²) in [6.07, 6.45) is 2.65. The molecule has 0 fully saturated rings. The first-order valence-electron chi connectivity index (χ1n) is 8.78. The summed E-state index contributed by atoms with van der Waals surface area (Å²) in [5.74, 6) is 1.87. The van der Waals surface area contributed by atoms with E-state index in [9.17, 15) is 0 Å². The van der Waals surface area contributed by atoms with Gasteiger partial charge < -0.3 is 14.8 Å². The van der Waals surface area contributed by atoms with Gasteiger partial charge in [-0.3, -0.25) is 0 Å². The molecule has 0 aliphatic heterocycles. The van der Waals surface area contributed by atoms with Crippen molar-refractivity contribution in [3.8, 4) is 0 Å². The minimum Gasteiger partial charge on any atom is -0.354 e. The van der Waals surface area contributed by atoms with Crippen LogP contribution in [0.15, 0.2) is 41.0 Å². The molecule has 3 heterocycles. The average molecular weight is 551 g/mol. The van der Waals surface area contributed by atoms with E-state index in [2.05, 4.69) is 55.5 Å². The number of aliphatic imine (C=N–C) groups is 1. The highest BCUT2D eigenvalue weighted by Gasteiger charge is 2.10. The summed E-state index contributed by atoms with van der Waals surface area (Å²) in [5, 5.41) is 13.7. The molecule has 3 rings (SSSR count). The Bertz CT molecular complexity index is 861. The Morgan fingerprint density at radius 2 is 2.18 bits per heavy atom. The molecule has 0 aromatic carbocycles. The van der Waals surface area contributed by atoms with Crippen LogP contribution >= 0.6 is 58.3 Å².